The second-order valence-corrected chi connectivity index (χ2v) is 8.74. The second-order valence-electron chi connectivity index (χ2n) is 8.74. The predicted molar refractivity (Wildman–Crippen MR) is 128 cm³/mol. The maximum Gasteiger partial charge on any atom is 0.251 e. The van der Waals surface area contributed by atoms with E-state index in [4.69, 9.17) is 4.74 Å². The third-order valence-corrected chi connectivity index (χ3v) is 6.54. The molecule has 0 saturated carbocycles. The molecule has 6 nitrogen and oxygen atoms in total. The highest BCUT2D eigenvalue weighted by molar-refractivity contribution is 5.99. The van der Waals surface area contributed by atoms with Crippen LogP contribution in [0.3, 0.4) is 0 Å². The van der Waals surface area contributed by atoms with E-state index in [1.165, 1.54) is 0 Å². The largest absolute Gasteiger partial charge is 0.368 e. The number of ether oxygens (including phenoxy) is 1. The Hall–Kier alpha value is -3.77. The van der Waals surface area contributed by atoms with Crippen LogP contribution in [0.4, 0.5) is 0 Å². The zero-order chi connectivity index (χ0) is 23.5. The number of nitrogens with zero attached hydrogens (tertiary/aromatic N) is 1. The average molecular weight is 455 g/mol. The molecule has 2 heterocycles. The lowest BCUT2D eigenvalue weighted by molar-refractivity contribution is -0.138. The number of nitrogens with one attached hydrogen (secondary N) is 1. The van der Waals surface area contributed by atoms with Crippen LogP contribution >= 0.6 is 0 Å². The summed E-state index contributed by atoms with van der Waals surface area (Å²) in [4.78, 5) is 40.6. The number of likely N-dealkylation sites (tertiary alicyclic amines) is 1. The minimum atomic E-state index is -0.782. The number of rotatable bonds is 6. The first-order valence-electron chi connectivity index (χ1n) is 11.6. The fourth-order valence-electron chi connectivity index (χ4n) is 4.78. The van der Waals surface area contributed by atoms with Gasteiger partial charge in [-0.1, -0.05) is 72.8 Å². The summed E-state index contributed by atoms with van der Waals surface area (Å²) in [6.45, 7) is 0.495. The van der Waals surface area contributed by atoms with Gasteiger partial charge in [-0.15, -0.1) is 0 Å². The molecule has 6 heteroatoms. The van der Waals surface area contributed by atoms with Crippen molar-refractivity contribution in [2.75, 3.05) is 13.2 Å². The third kappa shape index (κ3) is 4.50. The quantitative estimate of drug-likeness (QED) is 0.620. The molecule has 34 heavy (non-hydrogen) atoms. The van der Waals surface area contributed by atoms with Crippen LogP contribution in [0.25, 0.3) is 11.1 Å². The molecule has 2 amide bonds. The van der Waals surface area contributed by atoms with Gasteiger partial charge in [0.25, 0.3) is 5.91 Å². The number of ketones is 1. The van der Waals surface area contributed by atoms with E-state index in [0.29, 0.717) is 24.9 Å². The van der Waals surface area contributed by atoms with Crippen molar-refractivity contribution in [1.29, 1.82) is 0 Å². The molecular formula is C28H26N2O4. The molecule has 5 rings (SSSR count). The van der Waals surface area contributed by atoms with Crippen LogP contribution in [0, 0.1) is 0 Å². The first kappa shape index (κ1) is 22.0. The van der Waals surface area contributed by atoms with E-state index in [0.717, 1.165) is 16.7 Å². The first-order chi connectivity index (χ1) is 16.6. The van der Waals surface area contributed by atoms with Crippen molar-refractivity contribution in [3.05, 3.63) is 96.1 Å². The fraction of sp³-hybridized carbons (Fsp3) is 0.250. The summed E-state index contributed by atoms with van der Waals surface area (Å²) in [5.41, 5.74) is 3.49. The van der Waals surface area contributed by atoms with E-state index in [1.54, 1.807) is 17.0 Å². The number of benzene rings is 3. The molecule has 2 fully saturated rings. The molecule has 0 bridgehead atoms. The van der Waals surface area contributed by atoms with Crippen LogP contribution < -0.4 is 5.32 Å². The van der Waals surface area contributed by atoms with E-state index >= 15 is 0 Å². The van der Waals surface area contributed by atoms with Gasteiger partial charge in [0, 0.05) is 18.5 Å². The summed E-state index contributed by atoms with van der Waals surface area (Å²) >= 11 is 0. The average Bonchev–Trinajstić information content (AvgIpc) is 3.47. The zero-order valence-electron chi connectivity index (χ0n) is 18.7. The van der Waals surface area contributed by atoms with Crippen LogP contribution in [0.2, 0.25) is 0 Å². The third-order valence-electron chi connectivity index (χ3n) is 6.54. The molecular weight excluding hydrogens is 428 g/mol. The normalized spacial score (nSPS) is 20.1. The highest BCUT2D eigenvalue weighted by atomic mass is 16.5. The van der Waals surface area contributed by atoms with Gasteiger partial charge in [0.1, 0.15) is 18.7 Å². The molecule has 2 aliphatic heterocycles. The second kappa shape index (κ2) is 9.61. The van der Waals surface area contributed by atoms with Crippen LogP contribution in [0.15, 0.2) is 84.9 Å². The molecule has 3 atom stereocenters. The standard InChI is InChI=1S/C28H26N2O4/c31-24-18-34-25-15-16-30(26(24)25)28(33)23(17-19-7-3-1-4-8-19)29-27(32)22-13-11-21(12-14-22)20-9-5-2-6-10-20/h1-14,23,25-26H,15-18H2,(H,29,32). The Labute approximate surface area is 198 Å². The number of fused-ring (bicyclic) bond motifs is 1. The monoisotopic (exact) mass is 454 g/mol. The number of carbonyl (C=O) groups is 3. The SMILES string of the molecule is O=C(NC(Cc1ccccc1)C(=O)N1CCC2OCC(=O)C21)c1ccc(-c2ccccc2)cc1. The lowest BCUT2D eigenvalue weighted by atomic mass is 10.0. The number of carbonyl (C=O) groups excluding carboxylic acids is 3. The predicted octanol–water partition coefficient (Wildman–Crippen LogP) is 3.26. The molecule has 0 radical (unpaired) electrons. The number of hydrogen-bond acceptors (Lipinski definition) is 4. The Bertz CT molecular complexity index is 1180. The Balaban J connectivity index is 1.35. The first-order valence-corrected chi connectivity index (χ1v) is 11.6. The summed E-state index contributed by atoms with van der Waals surface area (Å²) in [5, 5.41) is 2.93. The van der Waals surface area contributed by atoms with Gasteiger partial charge in [-0.25, -0.2) is 0 Å². The van der Waals surface area contributed by atoms with Crippen molar-refractivity contribution in [2.45, 2.75) is 31.0 Å². The Kier molecular flexibility index (Phi) is 6.23. The molecule has 3 unspecified atom stereocenters. The Morgan fingerprint density at radius 2 is 1.56 bits per heavy atom. The maximum absolute atomic E-state index is 13.5. The molecule has 3 aromatic rings. The van der Waals surface area contributed by atoms with Gasteiger partial charge in [-0.3, -0.25) is 14.4 Å². The molecule has 2 saturated heterocycles. The van der Waals surface area contributed by atoms with Crippen molar-refractivity contribution < 1.29 is 19.1 Å². The van der Waals surface area contributed by atoms with Crippen molar-refractivity contribution in [3.8, 4) is 11.1 Å². The van der Waals surface area contributed by atoms with Gasteiger partial charge in [-0.2, -0.15) is 0 Å². The minimum Gasteiger partial charge on any atom is -0.368 e. The molecule has 2 aliphatic rings. The molecule has 1 N–H and O–H groups in total. The number of Topliss-reactive ketones (excluding diaryl/α,β-unsaturated/α-hetero) is 1. The van der Waals surface area contributed by atoms with E-state index in [9.17, 15) is 14.4 Å². The summed E-state index contributed by atoms with van der Waals surface area (Å²) in [6, 6.07) is 25.5. The van der Waals surface area contributed by atoms with Crippen LogP contribution in [0.1, 0.15) is 22.3 Å². The van der Waals surface area contributed by atoms with Crippen LogP contribution in [-0.4, -0.2) is 53.8 Å². The molecule has 0 aliphatic carbocycles. The van der Waals surface area contributed by atoms with Gasteiger partial charge >= 0.3 is 0 Å². The van der Waals surface area contributed by atoms with E-state index in [-0.39, 0.29) is 30.3 Å². The zero-order valence-corrected chi connectivity index (χ0v) is 18.7. The van der Waals surface area contributed by atoms with Crippen molar-refractivity contribution in [3.63, 3.8) is 0 Å². The van der Waals surface area contributed by atoms with Gasteiger partial charge in [0.05, 0.1) is 6.10 Å². The van der Waals surface area contributed by atoms with Gasteiger partial charge < -0.3 is 15.0 Å². The van der Waals surface area contributed by atoms with Crippen molar-refractivity contribution in [1.82, 2.24) is 10.2 Å². The lowest BCUT2D eigenvalue weighted by Gasteiger charge is -2.27. The molecule has 172 valence electrons. The summed E-state index contributed by atoms with van der Waals surface area (Å²) in [5.74, 6) is -0.639. The highest BCUT2D eigenvalue weighted by Crippen LogP contribution is 2.28. The minimum absolute atomic E-state index is 0.0442. The Morgan fingerprint density at radius 3 is 2.26 bits per heavy atom. The van der Waals surface area contributed by atoms with Crippen molar-refractivity contribution in [2.24, 2.45) is 0 Å². The van der Waals surface area contributed by atoms with Gasteiger partial charge in [0.2, 0.25) is 5.91 Å². The lowest BCUT2D eigenvalue weighted by Crippen LogP contribution is -2.53. The van der Waals surface area contributed by atoms with E-state index < -0.39 is 12.1 Å². The smallest absolute Gasteiger partial charge is 0.251 e. The highest BCUT2D eigenvalue weighted by Gasteiger charge is 2.48. The fourth-order valence-corrected chi connectivity index (χ4v) is 4.78. The number of hydrogen-bond donors (Lipinski definition) is 1. The van der Waals surface area contributed by atoms with Gasteiger partial charge in [-0.05, 0) is 35.2 Å². The van der Waals surface area contributed by atoms with Gasteiger partial charge in [0.15, 0.2) is 5.78 Å². The maximum atomic E-state index is 13.5. The summed E-state index contributed by atoms with van der Waals surface area (Å²) < 4.78 is 5.53. The van der Waals surface area contributed by atoms with Crippen molar-refractivity contribution >= 4 is 17.6 Å². The Morgan fingerprint density at radius 1 is 0.912 bits per heavy atom. The summed E-state index contributed by atoms with van der Waals surface area (Å²) in [6.07, 6.45) is 0.737. The molecule has 3 aromatic carbocycles. The molecule has 0 spiro atoms. The topological polar surface area (TPSA) is 75.7 Å². The van der Waals surface area contributed by atoms with Crippen LogP contribution in [0.5, 0.6) is 0 Å². The summed E-state index contributed by atoms with van der Waals surface area (Å²) in [7, 11) is 0. The molecule has 0 aromatic heterocycles. The van der Waals surface area contributed by atoms with Crippen LogP contribution in [-0.2, 0) is 20.7 Å². The number of amides is 2. The van der Waals surface area contributed by atoms with E-state index in [1.807, 2.05) is 72.8 Å². The van der Waals surface area contributed by atoms with E-state index in [2.05, 4.69) is 5.32 Å².